The first-order valence-electron chi connectivity index (χ1n) is 12.8. The van der Waals surface area contributed by atoms with Crippen LogP contribution in [0.3, 0.4) is 0 Å². The largest absolute Gasteiger partial charge is 0.492 e. The number of hydrogen-bond acceptors (Lipinski definition) is 5. The summed E-state index contributed by atoms with van der Waals surface area (Å²) < 4.78 is 18.9. The second-order valence-corrected chi connectivity index (χ2v) is 9.72. The van der Waals surface area contributed by atoms with Gasteiger partial charge in [-0.1, -0.05) is 42.5 Å². The first kappa shape index (κ1) is 29.1. The lowest BCUT2D eigenvalue weighted by atomic mass is 10.1. The number of hydrogen-bond donors (Lipinski definition) is 3. The van der Waals surface area contributed by atoms with Crippen molar-refractivity contribution < 1.29 is 23.5 Å². The number of ether oxygens (including phenoxy) is 1. The molecular formula is C32H28FN3O4S. The summed E-state index contributed by atoms with van der Waals surface area (Å²) in [5, 5.41) is 8.29. The highest BCUT2D eigenvalue weighted by Crippen LogP contribution is 2.25. The van der Waals surface area contributed by atoms with Gasteiger partial charge in [-0.05, 0) is 79.2 Å². The van der Waals surface area contributed by atoms with Gasteiger partial charge in [-0.25, -0.2) is 4.39 Å². The van der Waals surface area contributed by atoms with Crippen LogP contribution in [-0.4, -0.2) is 30.1 Å². The molecule has 0 atom stereocenters. The van der Waals surface area contributed by atoms with E-state index in [0.29, 0.717) is 34.9 Å². The maximum Gasteiger partial charge on any atom is 0.272 e. The summed E-state index contributed by atoms with van der Waals surface area (Å²) in [5.41, 5.74) is 2.03. The summed E-state index contributed by atoms with van der Waals surface area (Å²) in [4.78, 5) is 39.2. The predicted molar refractivity (Wildman–Crippen MR) is 160 cm³/mol. The van der Waals surface area contributed by atoms with Gasteiger partial charge < -0.3 is 20.7 Å². The van der Waals surface area contributed by atoms with Crippen LogP contribution in [0.2, 0.25) is 0 Å². The van der Waals surface area contributed by atoms with E-state index in [1.54, 1.807) is 66.7 Å². The van der Waals surface area contributed by atoms with Crippen LogP contribution < -0.4 is 20.7 Å². The molecule has 0 aliphatic heterocycles. The first-order chi connectivity index (χ1) is 19.9. The lowest BCUT2D eigenvalue weighted by Gasteiger charge is -2.12. The summed E-state index contributed by atoms with van der Waals surface area (Å²) in [5.74, 6) is -0.797. The van der Waals surface area contributed by atoms with Crippen molar-refractivity contribution >= 4 is 46.9 Å². The van der Waals surface area contributed by atoms with Crippen LogP contribution in [0.4, 0.5) is 15.8 Å². The van der Waals surface area contributed by atoms with Crippen molar-refractivity contribution in [1.29, 1.82) is 0 Å². The molecule has 0 aliphatic rings. The van der Waals surface area contributed by atoms with E-state index >= 15 is 0 Å². The molecule has 0 aliphatic carbocycles. The molecule has 0 aromatic heterocycles. The molecule has 0 heterocycles. The quantitative estimate of drug-likeness (QED) is 0.144. The van der Waals surface area contributed by atoms with Crippen LogP contribution in [0.15, 0.2) is 114 Å². The Labute approximate surface area is 241 Å². The Bertz CT molecular complexity index is 1530. The molecule has 208 valence electrons. The average Bonchev–Trinajstić information content (AvgIpc) is 2.99. The molecule has 0 spiro atoms. The smallest absolute Gasteiger partial charge is 0.272 e. The molecule has 0 bridgehead atoms. The zero-order valence-corrected chi connectivity index (χ0v) is 23.0. The third-order valence-electron chi connectivity index (χ3n) is 5.65. The van der Waals surface area contributed by atoms with Crippen LogP contribution in [0.5, 0.6) is 5.75 Å². The molecule has 0 radical (unpaired) electrons. The average molecular weight is 570 g/mol. The fourth-order valence-electron chi connectivity index (χ4n) is 3.69. The number of rotatable bonds is 11. The maximum absolute atomic E-state index is 13.4. The Morgan fingerprint density at radius 1 is 0.829 bits per heavy atom. The van der Waals surface area contributed by atoms with Crippen molar-refractivity contribution in [2.24, 2.45) is 0 Å². The molecule has 0 saturated heterocycles. The van der Waals surface area contributed by atoms with Gasteiger partial charge in [-0.3, -0.25) is 14.4 Å². The number of para-hydroxylation sites is 2. The second-order valence-electron chi connectivity index (χ2n) is 8.67. The molecule has 0 unspecified atom stereocenters. The van der Waals surface area contributed by atoms with Crippen molar-refractivity contribution in [2.75, 3.05) is 23.0 Å². The Balaban J connectivity index is 1.39. The minimum atomic E-state index is -0.550. The molecule has 4 aromatic carbocycles. The Morgan fingerprint density at radius 2 is 1.51 bits per heavy atom. The van der Waals surface area contributed by atoms with Crippen molar-refractivity contribution in [3.63, 3.8) is 0 Å². The Morgan fingerprint density at radius 3 is 2.22 bits per heavy atom. The minimum Gasteiger partial charge on any atom is -0.492 e. The second kappa shape index (κ2) is 14.5. The van der Waals surface area contributed by atoms with E-state index < -0.39 is 17.6 Å². The van der Waals surface area contributed by atoms with Gasteiger partial charge in [-0.15, -0.1) is 11.8 Å². The van der Waals surface area contributed by atoms with E-state index in [1.807, 2.05) is 19.1 Å². The number of amides is 3. The van der Waals surface area contributed by atoms with E-state index in [4.69, 9.17) is 4.74 Å². The van der Waals surface area contributed by atoms with Gasteiger partial charge in [0.1, 0.15) is 17.3 Å². The Hall–Kier alpha value is -4.89. The van der Waals surface area contributed by atoms with Gasteiger partial charge in [-0.2, -0.15) is 0 Å². The predicted octanol–water partition coefficient (Wildman–Crippen LogP) is 6.36. The summed E-state index contributed by atoms with van der Waals surface area (Å²) in [6.07, 6.45) is 1.47. The molecule has 4 aromatic rings. The van der Waals surface area contributed by atoms with Crippen molar-refractivity contribution in [3.8, 4) is 5.75 Å². The van der Waals surface area contributed by atoms with Gasteiger partial charge in [0, 0.05) is 16.1 Å². The van der Waals surface area contributed by atoms with E-state index in [-0.39, 0.29) is 17.4 Å². The van der Waals surface area contributed by atoms with Gasteiger partial charge in [0.25, 0.3) is 11.8 Å². The zero-order valence-electron chi connectivity index (χ0n) is 22.2. The number of anilines is 2. The normalized spacial score (nSPS) is 10.9. The first-order valence-corrected chi connectivity index (χ1v) is 13.8. The topological polar surface area (TPSA) is 96.5 Å². The SMILES string of the molecule is CCOc1ccccc1NC(=O)CSc1ccc(NC(=O)/C(=C/c2ccc(F)cc2)NC(=O)c2ccccc2)cc1. The number of carbonyl (C=O) groups is 3. The summed E-state index contributed by atoms with van der Waals surface area (Å²) in [6, 6.07) is 28.3. The van der Waals surface area contributed by atoms with Crippen molar-refractivity contribution in [2.45, 2.75) is 11.8 Å². The molecule has 7 nitrogen and oxygen atoms in total. The molecule has 3 amide bonds. The fraction of sp³-hybridized carbons (Fsp3) is 0.0938. The standard InChI is InChI=1S/C32H28FN3O4S/c1-2-40-29-11-7-6-10-27(29)35-30(37)21-41-26-18-16-25(17-19-26)34-32(39)28(20-22-12-14-24(33)15-13-22)36-31(38)23-8-4-3-5-9-23/h3-20H,2,21H2,1H3,(H,34,39)(H,35,37)(H,36,38)/b28-20-. The molecule has 0 fully saturated rings. The molecule has 0 saturated carbocycles. The van der Waals surface area contributed by atoms with Gasteiger partial charge in [0.2, 0.25) is 5.91 Å². The maximum atomic E-state index is 13.4. The summed E-state index contributed by atoms with van der Waals surface area (Å²) in [6.45, 7) is 2.37. The van der Waals surface area contributed by atoms with Crippen LogP contribution in [0, 0.1) is 5.82 Å². The van der Waals surface area contributed by atoms with Crippen LogP contribution in [0.1, 0.15) is 22.8 Å². The number of nitrogens with one attached hydrogen (secondary N) is 3. The third-order valence-corrected chi connectivity index (χ3v) is 6.66. The highest BCUT2D eigenvalue weighted by molar-refractivity contribution is 8.00. The molecule has 3 N–H and O–H groups in total. The molecule has 9 heteroatoms. The summed E-state index contributed by atoms with van der Waals surface area (Å²) >= 11 is 1.35. The third kappa shape index (κ3) is 8.81. The van der Waals surface area contributed by atoms with Crippen LogP contribution in [0.25, 0.3) is 6.08 Å². The molecule has 41 heavy (non-hydrogen) atoms. The minimum absolute atomic E-state index is 0.00656. The van der Waals surface area contributed by atoms with E-state index in [2.05, 4.69) is 16.0 Å². The highest BCUT2D eigenvalue weighted by Gasteiger charge is 2.15. The van der Waals surface area contributed by atoms with Crippen molar-refractivity contribution in [3.05, 3.63) is 126 Å². The van der Waals surface area contributed by atoms with E-state index in [0.717, 1.165) is 4.90 Å². The molecular weight excluding hydrogens is 541 g/mol. The van der Waals surface area contributed by atoms with Crippen LogP contribution in [-0.2, 0) is 9.59 Å². The zero-order chi connectivity index (χ0) is 29.0. The van der Waals surface area contributed by atoms with Gasteiger partial charge >= 0.3 is 0 Å². The number of halogens is 1. The fourth-order valence-corrected chi connectivity index (χ4v) is 4.39. The van der Waals surface area contributed by atoms with E-state index in [9.17, 15) is 18.8 Å². The molecule has 4 rings (SSSR count). The van der Waals surface area contributed by atoms with Crippen LogP contribution >= 0.6 is 11.8 Å². The van der Waals surface area contributed by atoms with Crippen molar-refractivity contribution in [1.82, 2.24) is 5.32 Å². The number of benzene rings is 4. The number of carbonyl (C=O) groups excluding carboxylic acids is 3. The lowest BCUT2D eigenvalue weighted by Crippen LogP contribution is -2.30. The van der Waals surface area contributed by atoms with E-state index in [1.165, 1.54) is 42.1 Å². The monoisotopic (exact) mass is 569 g/mol. The summed E-state index contributed by atoms with van der Waals surface area (Å²) in [7, 11) is 0. The van der Waals surface area contributed by atoms with Gasteiger partial charge in [0.15, 0.2) is 0 Å². The number of thioether (sulfide) groups is 1. The lowest BCUT2D eigenvalue weighted by molar-refractivity contribution is -0.114. The highest BCUT2D eigenvalue weighted by atomic mass is 32.2. The van der Waals surface area contributed by atoms with Gasteiger partial charge in [0.05, 0.1) is 18.0 Å². The Kier molecular flexibility index (Phi) is 10.3.